The lowest BCUT2D eigenvalue weighted by Gasteiger charge is -2.26. The van der Waals surface area contributed by atoms with Crippen molar-refractivity contribution in [2.24, 2.45) is 5.92 Å². The number of benzene rings is 3. The van der Waals surface area contributed by atoms with Crippen molar-refractivity contribution < 1.29 is 29.0 Å². The molecule has 3 rings (SSSR count). The van der Waals surface area contributed by atoms with Gasteiger partial charge in [-0.1, -0.05) is 93.1 Å². The van der Waals surface area contributed by atoms with E-state index < -0.39 is 30.1 Å². The Morgan fingerprint density at radius 1 is 0.763 bits per heavy atom. The predicted molar refractivity (Wildman–Crippen MR) is 143 cm³/mol. The highest BCUT2D eigenvalue weighted by atomic mass is 16.5. The number of rotatable bonds is 12. The molecule has 200 valence electrons. The molecule has 0 fully saturated rings. The van der Waals surface area contributed by atoms with Crippen LogP contribution >= 0.6 is 0 Å². The minimum Gasteiger partial charge on any atom is -0.508 e. The van der Waals surface area contributed by atoms with Crippen LogP contribution in [-0.4, -0.2) is 35.2 Å². The number of amides is 2. The molecule has 0 aliphatic rings. The van der Waals surface area contributed by atoms with Crippen LogP contribution in [-0.2, 0) is 38.7 Å². The van der Waals surface area contributed by atoms with Gasteiger partial charge >= 0.3 is 12.1 Å². The van der Waals surface area contributed by atoms with E-state index in [0.29, 0.717) is 6.42 Å². The summed E-state index contributed by atoms with van der Waals surface area (Å²) in [6, 6.07) is 22.9. The van der Waals surface area contributed by atoms with Gasteiger partial charge in [0.05, 0.1) is 0 Å². The molecule has 0 bridgehead atoms. The summed E-state index contributed by atoms with van der Waals surface area (Å²) in [6.45, 7) is 3.87. The molecule has 0 heterocycles. The number of ether oxygens (including phenoxy) is 2. The normalized spacial score (nSPS) is 13.0. The molecule has 0 aliphatic carbocycles. The highest BCUT2D eigenvalue weighted by Crippen LogP contribution is 2.14. The fourth-order valence-corrected chi connectivity index (χ4v) is 3.75. The monoisotopic (exact) mass is 518 g/mol. The second-order valence-electron chi connectivity index (χ2n) is 9.09. The summed E-state index contributed by atoms with van der Waals surface area (Å²) >= 11 is 0. The van der Waals surface area contributed by atoms with Crippen molar-refractivity contribution in [3.05, 3.63) is 102 Å². The molecular weight excluding hydrogens is 484 g/mol. The van der Waals surface area contributed by atoms with Crippen molar-refractivity contribution in [3.63, 3.8) is 0 Å². The molecular formula is C30H34N2O6. The Kier molecular flexibility index (Phi) is 10.7. The first-order valence-corrected chi connectivity index (χ1v) is 12.6. The maximum atomic E-state index is 13.4. The van der Waals surface area contributed by atoms with Crippen molar-refractivity contribution in [2.75, 3.05) is 0 Å². The highest BCUT2D eigenvalue weighted by molar-refractivity contribution is 5.90. The molecule has 3 aromatic carbocycles. The molecule has 0 saturated carbocycles. The van der Waals surface area contributed by atoms with E-state index in [1.165, 1.54) is 12.1 Å². The van der Waals surface area contributed by atoms with E-state index in [2.05, 4.69) is 10.6 Å². The lowest BCUT2D eigenvalue weighted by molar-refractivity contribution is -0.149. The van der Waals surface area contributed by atoms with Gasteiger partial charge in [0.15, 0.2) is 0 Å². The van der Waals surface area contributed by atoms with Crippen molar-refractivity contribution in [1.29, 1.82) is 0 Å². The van der Waals surface area contributed by atoms with Crippen LogP contribution in [0.1, 0.15) is 37.0 Å². The highest BCUT2D eigenvalue weighted by Gasteiger charge is 2.31. The lowest BCUT2D eigenvalue weighted by Crippen LogP contribution is -2.54. The molecule has 0 saturated heterocycles. The average Bonchev–Trinajstić information content (AvgIpc) is 2.95. The van der Waals surface area contributed by atoms with Gasteiger partial charge in [-0.25, -0.2) is 9.59 Å². The van der Waals surface area contributed by atoms with E-state index in [1.54, 1.807) is 12.1 Å². The van der Waals surface area contributed by atoms with Crippen molar-refractivity contribution in [1.82, 2.24) is 10.6 Å². The number of esters is 1. The zero-order valence-electron chi connectivity index (χ0n) is 21.6. The largest absolute Gasteiger partial charge is 0.508 e. The summed E-state index contributed by atoms with van der Waals surface area (Å²) in [5.41, 5.74) is 2.36. The topological polar surface area (TPSA) is 114 Å². The minimum atomic E-state index is -1.01. The summed E-state index contributed by atoms with van der Waals surface area (Å²) in [5.74, 6) is -1.26. The third kappa shape index (κ3) is 8.96. The number of aromatic hydroxyl groups is 1. The second-order valence-corrected chi connectivity index (χ2v) is 9.09. The molecule has 2 amide bonds. The number of alkyl carbamates (subject to hydrolysis) is 1. The number of phenols is 1. The molecule has 3 aromatic rings. The molecule has 0 unspecified atom stereocenters. The Hall–Kier alpha value is -4.33. The fourth-order valence-electron chi connectivity index (χ4n) is 3.75. The smallest absolute Gasteiger partial charge is 0.408 e. The van der Waals surface area contributed by atoms with Crippen LogP contribution in [0, 0.1) is 5.92 Å². The van der Waals surface area contributed by atoms with Gasteiger partial charge in [0.2, 0.25) is 5.91 Å². The Labute approximate surface area is 223 Å². The zero-order chi connectivity index (χ0) is 27.3. The van der Waals surface area contributed by atoms with Crippen LogP contribution in [0.25, 0.3) is 0 Å². The van der Waals surface area contributed by atoms with Gasteiger partial charge in [-0.15, -0.1) is 0 Å². The van der Waals surface area contributed by atoms with E-state index in [1.807, 2.05) is 74.5 Å². The van der Waals surface area contributed by atoms with Gasteiger partial charge in [0.25, 0.3) is 0 Å². The van der Waals surface area contributed by atoms with Gasteiger partial charge in [-0.3, -0.25) is 4.79 Å². The molecule has 0 radical (unpaired) electrons. The van der Waals surface area contributed by atoms with Gasteiger partial charge in [-0.2, -0.15) is 0 Å². The number of hydrogen-bond acceptors (Lipinski definition) is 6. The Bertz CT molecular complexity index is 1170. The quantitative estimate of drug-likeness (QED) is 0.304. The molecule has 38 heavy (non-hydrogen) atoms. The molecule has 3 N–H and O–H groups in total. The summed E-state index contributed by atoms with van der Waals surface area (Å²) in [6.07, 6.45) is 0.0275. The first kappa shape index (κ1) is 28.2. The number of carbonyl (C=O) groups is 3. The van der Waals surface area contributed by atoms with Crippen LogP contribution in [0.15, 0.2) is 84.9 Å². The first-order valence-electron chi connectivity index (χ1n) is 12.6. The van der Waals surface area contributed by atoms with Crippen molar-refractivity contribution >= 4 is 18.0 Å². The van der Waals surface area contributed by atoms with Crippen molar-refractivity contribution in [3.8, 4) is 5.75 Å². The summed E-state index contributed by atoms with van der Waals surface area (Å²) in [4.78, 5) is 39.0. The Morgan fingerprint density at radius 3 is 1.87 bits per heavy atom. The SMILES string of the molecule is CC[C@H](C)[C@@H](NC(=O)OCc1ccccc1)C(=O)N[C@@H](Cc1ccc(O)cc1)C(=O)OCc1ccccc1. The van der Waals surface area contributed by atoms with Crippen LogP contribution in [0.2, 0.25) is 0 Å². The maximum Gasteiger partial charge on any atom is 0.408 e. The number of phenolic OH excluding ortho intramolecular Hbond substituents is 1. The van der Waals surface area contributed by atoms with E-state index in [0.717, 1.165) is 16.7 Å². The van der Waals surface area contributed by atoms with E-state index in [-0.39, 0.29) is 31.3 Å². The van der Waals surface area contributed by atoms with Crippen LogP contribution in [0.5, 0.6) is 5.75 Å². The van der Waals surface area contributed by atoms with Crippen LogP contribution in [0.4, 0.5) is 4.79 Å². The number of hydrogen-bond donors (Lipinski definition) is 3. The molecule has 8 heteroatoms. The fraction of sp³-hybridized carbons (Fsp3) is 0.300. The molecule has 0 spiro atoms. The third-order valence-electron chi connectivity index (χ3n) is 6.18. The summed E-state index contributed by atoms with van der Waals surface area (Å²) in [7, 11) is 0. The van der Waals surface area contributed by atoms with E-state index >= 15 is 0 Å². The average molecular weight is 519 g/mol. The van der Waals surface area contributed by atoms with Crippen LogP contribution < -0.4 is 10.6 Å². The second kappa shape index (κ2) is 14.4. The van der Waals surface area contributed by atoms with E-state index in [9.17, 15) is 19.5 Å². The van der Waals surface area contributed by atoms with Gasteiger partial charge in [-0.05, 0) is 34.7 Å². The van der Waals surface area contributed by atoms with Gasteiger partial charge in [0.1, 0.15) is 31.0 Å². The molecule has 3 atom stereocenters. The van der Waals surface area contributed by atoms with Gasteiger partial charge in [0, 0.05) is 6.42 Å². The maximum absolute atomic E-state index is 13.4. The first-order chi connectivity index (χ1) is 18.4. The molecule has 0 aliphatic heterocycles. The zero-order valence-corrected chi connectivity index (χ0v) is 21.6. The number of carbonyl (C=O) groups excluding carboxylic acids is 3. The Morgan fingerprint density at radius 2 is 1.32 bits per heavy atom. The minimum absolute atomic E-state index is 0.0560. The van der Waals surface area contributed by atoms with Gasteiger partial charge < -0.3 is 25.2 Å². The Balaban J connectivity index is 1.69. The van der Waals surface area contributed by atoms with E-state index in [4.69, 9.17) is 9.47 Å². The summed E-state index contributed by atoms with van der Waals surface area (Å²) in [5, 5.41) is 15.0. The van der Waals surface area contributed by atoms with Crippen LogP contribution in [0.3, 0.4) is 0 Å². The number of nitrogens with one attached hydrogen (secondary N) is 2. The molecule has 0 aromatic heterocycles. The standard InChI is InChI=1S/C30H34N2O6/c1-3-21(2)27(32-30(36)38-20-24-12-8-5-9-13-24)28(34)31-26(18-22-14-16-25(33)17-15-22)29(35)37-19-23-10-6-4-7-11-23/h4-17,21,26-27,33H,3,18-20H2,1-2H3,(H,31,34)(H,32,36)/t21-,26-,27+/m0/s1. The molecule has 8 nitrogen and oxygen atoms in total. The van der Waals surface area contributed by atoms with Crippen molar-refractivity contribution in [2.45, 2.75) is 52.0 Å². The summed E-state index contributed by atoms with van der Waals surface area (Å²) < 4.78 is 10.8. The third-order valence-corrected chi connectivity index (χ3v) is 6.18. The predicted octanol–water partition coefficient (Wildman–Crippen LogP) is 4.50. The lowest BCUT2D eigenvalue weighted by atomic mass is 9.97.